The number of hydrogen-bond donors (Lipinski definition) is 1. The van der Waals surface area contributed by atoms with Gasteiger partial charge in [0.2, 0.25) is 5.91 Å². The summed E-state index contributed by atoms with van der Waals surface area (Å²) in [7, 11) is 0. The van der Waals surface area contributed by atoms with E-state index in [1.807, 2.05) is 24.3 Å². The third kappa shape index (κ3) is 4.20. The van der Waals surface area contributed by atoms with Crippen LogP contribution >= 0.6 is 0 Å². The summed E-state index contributed by atoms with van der Waals surface area (Å²) in [5.74, 6) is 0.342. The number of amides is 2. The van der Waals surface area contributed by atoms with Crippen LogP contribution in [0.3, 0.4) is 0 Å². The molecule has 7 nitrogen and oxygen atoms in total. The molecule has 0 saturated carbocycles. The minimum Gasteiger partial charge on any atom is -0.450 e. The first-order valence-corrected chi connectivity index (χ1v) is 10.8. The maximum absolute atomic E-state index is 13.4. The zero-order chi connectivity index (χ0) is 20.3. The number of piperidine rings is 1. The molecule has 0 radical (unpaired) electrons. The summed E-state index contributed by atoms with van der Waals surface area (Å²) in [6.45, 7) is 6.26. The molecule has 29 heavy (non-hydrogen) atoms. The largest absolute Gasteiger partial charge is 0.450 e. The number of rotatable bonds is 4. The Morgan fingerprint density at radius 1 is 1.21 bits per heavy atom. The lowest BCUT2D eigenvalue weighted by Crippen LogP contribution is -2.50. The molecule has 1 atom stereocenters. The summed E-state index contributed by atoms with van der Waals surface area (Å²) in [6.07, 6.45) is 4.42. The fraction of sp³-hybridized carbons (Fsp3) is 0.636. The van der Waals surface area contributed by atoms with Crippen LogP contribution in [0.5, 0.6) is 0 Å². The van der Waals surface area contributed by atoms with Gasteiger partial charge in [0.15, 0.2) is 0 Å². The number of nitrogens with zero attached hydrogens (tertiary/aromatic N) is 2. The highest BCUT2D eigenvalue weighted by atomic mass is 16.5. The SMILES string of the molecule is CCOC(=O)Nc1ccc(N2CCC[C@]3(CCN(C4CCOCC4)C3=O)C2)cc1. The molecule has 4 rings (SSSR count). The highest BCUT2D eigenvalue weighted by Gasteiger charge is 2.50. The third-order valence-electron chi connectivity index (χ3n) is 6.51. The lowest BCUT2D eigenvalue weighted by Gasteiger charge is -2.41. The van der Waals surface area contributed by atoms with Gasteiger partial charge in [-0.15, -0.1) is 0 Å². The van der Waals surface area contributed by atoms with Crippen LogP contribution in [-0.2, 0) is 14.3 Å². The molecule has 1 aromatic rings. The second-order valence-corrected chi connectivity index (χ2v) is 8.29. The molecule has 1 N–H and O–H groups in total. The van der Waals surface area contributed by atoms with Gasteiger partial charge in [-0.2, -0.15) is 0 Å². The molecule has 3 heterocycles. The van der Waals surface area contributed by atoms with Crippen molar-refractivity contribution in [2.45, 2.75) is 45.1 Å². The van der Waals surface area contributed by atoms with Crippen molar-refractivity contribution in [2.24, 2.45) is 5.41 Å². The van der Waals surface area contributed by atoms with Gasteiger partial charge in [0, 0.05) is 50.3 Å². The van der Waals surface area contributed by atoms with Crippen molar-refractivity contribution in [3.8, 4) is 0 Å². The standard InChI is InChI=1S/C22H31N3O4/c1-2-29-21(27)23-17-4-6-18(7-5-17)24-12-3-10-22(16-24)11-13-25(20(22)26)19-8-14-28-15-9-19/h4-7,19H,2-3,8-16H2,1H3,(H,23,27)/t22-/m0/s1. The summed E-state index contributed by atoms with van der Waals surface area (Å²) in [5.41, 5.74) is 1.55. The molecule has 1 spiro atoms. The Morgan fingerprint density at radius 2 is 1.97 bits per heavy atom. The summed E-state index contributed by atoms with van der Waals surface area (Å²) in [6, 6.07) is 8.14. The van der Waals surface area contributed by atoms with E-state index in [9.17, 15) is 9.59 Å². The van der Waals surface area contributed by atoms with E-state index in [0.717, 1.165) is 70.6 Å². The van der Waals surface area contributed by atoms with Crippen LogP contribution in [0.25, 0.3) is 0 Å². The van der Waals surface area contributed by atoms with Gasteiger partial charge in [-0.3, -0.25) is 10.1 Å². The fourth-order valence-electron chi connectivity index (χ4n) is 4.96. The smallest absolute Gasteiger partial charge is 0.411 e. The van der Waals surface area contributed by atoms with E-state index < -0.39 is 6.09 Å². The molecule has 3 aliphatic heterocycles. The maximum atomic E-state index is 13.4. The van der Waals surface area contributed by atoms with Crippen LogP contribution in [0, 0.1) is 5.41 Å². The van der Waals surface area contributed by atoms with Gasteiger partial charge in [0.25, 0.3) is 0 Å². The molecular formula is C22H31N3O4. The predicted molar refractivity (Wildman–Crippen MR) is 111 cm³/mol. The number of carbonyl (C=O) groups excluding carboxylic acids is 2. The zero-order valence-corrected chi connectivity index (χ0v) is 17.2. The molecule has 158 valence electrons. The van der Waals surface area contributed by atoms with Gasteiger partial charge < -0.3 is 19.3 Å². The third-order valence-corrected chi connectivity index (χ3v) is 6.51. The summed E-state index contributed by atoms with van der Waals surface area (Å²) < 4.78 is 10.4. The van der Waals surface area contributed by atoms with Gasteiger partial charge in [-0.1, -0.05) is 0 Å². The van der Waals surface area contributed by atoms with Crippen LogP contribution in [0.1, 0.15) is 39.0 Å². The van der Waals surface area contributed by atoms with Crippen LogP contribution < -0.4 is 10.2 Å². The Balaban J connectivity index is 1.41. The Morgan fingerprint density at radius 3 is 2.69 bits per heavy atom. The van der Waals surface area contributed by atoms with Crippen LogP contribution in [-0.4, -0.2) is 62.4 Å². The minimum atomic E-state index is -0.443. The predicted octanol–water partition coefficient (Wildman–Crippen LogP) is 3.25. The Kier molecular flexibility index (Phi) is 5.94. The van der Waals surface area contributed by atoms with Crippen LogP contribution in [0.15, 0.2) is 24.3 Å². The van der Waals surface area contributed by atoms with E-state index in [4.69, 9.17) is 9.47 Å². The topological polar surface area (TPSA) is 71.1 Å². The lowest BCUT2D eigenvalue weighted by atomic mass is 9.78. The normalized spacial score (nSPS) is 25.5. The van der Waals surface area contributed by atoms with E-state index in [-0.39, 0.29) is 5.41 Å². The van der Waals surface area contributed by atoms with Crippen molar-refractivity contribution < 1.29 is 19.1 Å². The van der Waals surface area contributed by atoms with Crippen LogP contribution in [0.2, 0.25) is 0 Å². The molecule has 0 unspecified atom stereocenters. The number of benzene rings is 1. The average Bonchev–Trinajstić information content (AvgIpc) is 3.05. The van der Waals surface area contributed by atoms with Crippen LogP contribution in [0.4, 0.5) is 16.2 Å². The van der Waals surface area contributed by atoms with Gasteiger partial charge in [0.1, 0.15) is 0 Å². The van der Waals surface area contributed by atoms with Crippen molar-refractivity contribution in [1.82, 2.24) is 4.90 Å². The monoisotopic (exact) mass is 401 g/mol. The Hall–Kier alpha value is -2.28. The van der Waals surface area contributed by atoms with Crippen molar-refractivity contribution >= 4 is 23.4 Å². The van der Waals surface area contributed by atoms with Crippen molar-refractivity contribution in [1.29, 1.82) is 0 Å². The Labute approximate surface area is 172 Å². The Bertz CT molecular complexity index is 732. The highest BCUT2D eigenvalue weighted by molar-refractivity contribution is 5.86. The van der Waals surface area contributed by atoms with E-state index >= 15 is 0 Å². The second kappa shape index (κ2) is 8.61. The molecule has 1 aromatic carbocycles. The number of carbonyl (C=O) groups is 2. The first kappa shape index (κ1) is 20.0. The van der Waals surface area contributed by atoms with Gasteiger partial charge in [-0.05, 0) is 63.3 Å². The molecule has 0 bridgehead atoms. The first-order valence-electron chi connectivity index (χ1n) is 10.8. The second-order valence-electron chi connectivity index (χ2n) is 8.29. The maximum Gasteiger partial charge on any atom is 0.411 e. The fourth-order valence-corrected chi connectivity index (χ4v) is 4.96. The van der Waals surface area contributed by atoms with Crippen molar-refractivity contribution in [3.63, 3.8) is 0 Å². The molecule has 0 aliphatic carbocycles. The van der Waals surface area contributed by atoms with Gasteiger partial charge in [-0.25, -0.2) is 4.79 Å². The van der Waals surface area contributed by atoms with Crippen molar-refractivity contribution in [2.75, 3.05) is 49.7 Å². The number of anilines is 2. The molecule has 7 heteroatoms. The highest BCUT2D eigenvalue weighted by Crippen LogP contribution is 2.43. The number of nitrogens with one attached hydrogen (secondary N) is 1. The summed E-state index contributed by atoms with van der Waals surface area (Å²) in [5, 5.41) is 2.72. The van der Waals surface area contributed by atoms with E-state index in [2.05, 4.69) is 15.1 Å². The van der Waals surface area contributed by atoms with E-state index in [1.165, 1.54) is 0 Å². The molecule has 3 aliphatic rings. The summed E-state index contributed by atoms with van der Waals surface area (Å²) in [4.78, 5) is 29.4. The zero-order valence-electron chi connectivity index (χ0n) is 17.2. The number of ether oxygens (including phenoxy) is 2. The molecule has 0 aromatic heterocycles. The molecule has 2 amide bonds. The lowest BCUT2D eigenvalue weighted by molar-refractivity contribution is -0.139. The quantitative estimate of drug-likeness (QED) is 0.839. The minimum absolute atomic E-state index is 0.252. The number of hydrogen-bond acceptors (Lipinski definition) is 5. The molecule has 3 saturated heterocycles. The van der Waals surface area contributed by atoms with Gasteiger partial charge in [0.05, 0.1) is 12.0 Å². The van der Waals surface area contributed by atoms with Gasteiger partial charge >= 0.3 is 6.09 Å². The summed E-state index contributed by atoms with van der Waals surface area (Å²) >= 11 is 0. The number of likely N-dealkylation sites (tertiary alicyclic amines) is 1. The van der Waals surface area contributed by atoms with E-state index in [0.29, 0.717) is 24.2 Å². The first-order chi connectivity index (χ1) is 14.1. The molecular weight excluding hydrogens is 370 g/mol. The van der Waals surface area contributed by atoms with E-state index in [1.54, 1.807) is 6.92 Å². The molecule has 3 fully saturated rings. The van der Waals surface area contributed by atoms with Crippen molar-refractivity contribution in [3.05, 3.63) is 24.3 Å². The average molecular weight is 402 g/mol.